The Morgan fingerprint density at radius 3 is 2.52 bits per heavy atom. The van der Waals surface area contributed by atoms with E-state index in [0.29, 0.717) is 16.3 Å². The lowest BCUT2D eigenvalue weighted by atomic mass is 10.1. The van der Waals surface area contributed by atoms with Gasteiger partial charge in [0.2, 0.25) is 0 Å². The van der Waals surface area contributed by atoms with E-state index in [1.165, 1.54) is 18.2 Å². The molecule has 0 saturated carbocycles. The topological polar surface area (TPSA) is 26.3 Å². The number of halogens is 3. The molecular formula is C16H13BrF2O2. The van der Waals surface area contributed by atoms with Crippen LogP contribution in [0.2, 0.25) is 0 Å². The van der Waals surface area contributed by atoms with Crippen LogP contribution in [0.1, 0.15) is 21.5 Å². The summed E-state index contributed by atoms with van der Waals surface area (Å²) in [5, 5.41) is 0. The maximum atomic E-state index is 14.1. The van der Waals surface area contributed by atoms with E-state index in [9.17, 15) is 13.6 Å². The lowest BCUT2D eigenvalue weighted by Gasteiger charge is -2.19. The Balaban J connectivity index is 2.22. The van der Waals surface area contributed by atoms with Crippen LogP contribution in [0, 0.1) is 6.92 Å². The van der Waals surface area contributed by atoms with Crippen LogP contribution in [-0.4, -0.2) is 12.9 Å². The van der Waals surface area contributed by atoms with Crippen LogP contribution >= 0.6 is 15.9 Å². The number of aryl methyl sites for hydroxylation is 1. The molecule has 21 heavy (non-hydrogen) atoms. The van der Waals surface area contributed by atoms with Crippen molar-refractivity contribution in [3.8, 4) is 5.75 Å². The van der Waals surface area contributed by atoms with Crippen molar-refractivity contribution in [3.05, 3.63) is 63.6 Å². The van der Waals surface area contributed by atoms with Gasteiger partial charge in [-0.3, -0.25) is 4.79 Å². The van der Waals surface area contributed by atoms with Gasteiger partial charge < -0.3 is 4.74 Å². The fourth-order valence-electron chi connectivity index (χ4n) is 1.97. The van der Waals surface area contributed by atoms with Crippen LogP contribution in [0.4, 0.5) is 8.78 Å². The lowest BCUT2D eigenvalue weighted by molar-refractivity contribution is -0.0469. The van der Waals surface area contributed by atoms with E-state index in [4.69, 9.17) is 4.74 Å². The fourth-order valence-corrected chi connectivity index (χ4v) is 2.56. The number of carbonyl (C=O) groups is 1. The highest BCUT2D eigenvalue weighted by Gasteiger charge is 2.32. The first-order valence-electron chi connectivity index (χ1n) is 6.25. The number of benzene rings is 2. The third kappa shape index (κ3) is 3.67. The van der Waals surface area contributed by atoms with E-state index in [0.717, 1.165) is 0 Å². The first-order chi connectivity index (χ1) is 9.94. The van der Waals surface area contributed by atoms with Crippen LogP contribution in [-0.2, 0) is 5.92 Å². The van der Waals surface area contributed by atoms with Gasteiger partial charge in [0.05, 0.1) is 5.56 Å². The highest BCUT2D eigenvalue weighted by Crippen LogP contribution is 2.32. The molecule has 2 aromatic carbocycles. The summed E-state index contributed by atoms with van der Waals surface area (Å²) < 4.78 is 34.1. The first-order valence-corrected chi connectivity index (χ1v) is 7.05. The summed E-state index contributed by atoms with van der Waals surface area (Å²) in [6.45, 7) is 0.883. The molecule has 0 amide bonds. The quantitative estimate of drug-likeness (QED) is 0.724. The van der Waals surface area contributed by atoms with E-state index in [2.05, 4.69) is 15.9 Å². The SMILES string of the molecule is Cc1cc(Br)cc(C=O)c1OCC(F)(F)c1ccccc1. The molecule has 0 fully saturated rings. The third-order valence-corrected chi connectivity index (χ3v) is 3.45. The lowest BCUT2D eigenvalue weighted by Crippen LogP contribution is -2.23. The van der Waals surface area contributed by atoms with Gasteiger partial charge in [0.15, 0.2) is 12.9 Å². The number of alkyl halides is 2. The van der Waals surface area contributed by atoms with Gasteiger partial charge in [0.1, 0.15) is 5.75 Å². The fraction of sp³-hybridized carbons (Fsp3) is 0.188. The van der Waals surface area contributed by atoms with Crippen molar-refractivity contribution in [3.63, 3.8) is 0 Å². The first kappa shape index (κ1) is 15.6. The molecule has 0 saturated heterocycles. The van der Waals surface area contributed by atoms with Crippen LogP contribution in [0.25, 0.3) is 0 Å². The minimum Gasteiger partial charge on any atom is -0.486 e. The van der Waals surface area contributed by atoms with Crippen molar-refractivity contribution in [2.75, 3.05) is 6.61 Å². The second-order valence-corrected chi connectivity index (χ2v) is 5.53. The number of hydrogen-bond donors (Lipinski definition) is 0. The predicted molar refractivity (Wildman–Crippen MR) is 80.1 cm³/mol. The number of ether oxygens (including phenoxy) is 1. The van der Waals surface area contributed by atoms with Crippen LogP contribution in [0.15, 0.2) is 46.9 Å². The third-order valence-electron chi connectivity index (χ3n) is 2.99. The number of rotatable bonds is 5. The molecule has 110 valence electrons. The van der Waals surface area contributed by atoms with Gasteiger partial charge in [0.25, 0.3) is 0 Å². The minimum absolute atomic E-state index is 0.118. The summed E-state index contributed by atoms with van der Waals surface area (Å²) in [6.07, 6.45) is 0.591. The molecule has 0 N–H and O–H groups in total. The molecule has 0 radical (unpaired) electrons. The number of carbonyl (C=O) groups excluding carboxylic acids is 1. The normalized spacial score (nSPS) is 11.2. The summed E-state index contributed by atoms with van der Waals surface area (Å²) in [7, 11) is 0. The van der Waals surface area contributed by atoms with Crippen molar-refractivity contribution < 1.29 is 18.3 Å². The van der Waals surface area contributed by atoms with Gasteiger partial charge in [-0.1, -0.05) is 46.3 Å². The highest BCUT2D eigenvalue weighted by molar-refractivity contribution is 9.10. The van der Waals surface area contributed by atoms with E-state index >= 15 is 0 Å². The largest absolute Gasteiger partial charge is 0.486 e. The summed E-state index contributed by atoms with van der Waals surface area (Å²) in [4.78, 5) is 11.0. The maximum absolute atomic E-state index is 14.1. The highest BCUT2D eigenvalue weighted by atomic mass is 79.9. The molecule has 2 nitrogen and oxygen atoms in total. The Hall–Kier alpha value is -1.75. The summed E-state index contributed by atoms with van der Waals surface area (Å²) in [6, 6.07) is 10.7. The Labute approximate surface area is 129 Å². The zero-order valence-corrected chi connectivity index (χ0v) is 12.9. The second kappa shape index (κ2) is 6.35. The predicted octanol–water partition coefficient (Wildman–Crippen LogP) is 4.74. The van der Waals surface area contributed by atoms with Gasteiger partial charge in [0, 0.05) is 10.0 Å². The standard InChI is InChI=1S/C16H13BrF2O2/c1-11-7-14(17)8-12(9-20)15(11)21-10-16(18,19)13-5-3-2-4-6-13/h2-9H,10H2,1H3. The average Bonchev–Trinajstić information content (AvgIpc) is 2.46. The molecule has 0 aromatic heterocycles. The van der Waals surface area contributed by atoms with Gasteiger partial charge >= 0.3 is 5.92 Å². The van der Waals surface area contributed by atoms with Gasteiger partial charge in [-0.2, -0.15) is 8.78 Å². The van der Waals surface area contributed by atoms with Gasteiger partial charge in [-0.05, 0) is 24.6 Å². The van der Waals surface area contributed by atoms with Crippen LogP contribution in [0.5, 0.6) is 5.75 Å². The Morgan fingerprint density at radius 2 is 1.90 bits per heavy atom. The Morgan fingerprint density at radius 1 is 1.24 bits per heavy atom. The Bertz CT molecular complexity index is 642. The van der Waals surface area contributed by atoms with Crippen LogP contribution in [0.3, 0.4) is 0 Å². The number of hydrogen-bond acceptors (Lipinski definition) is 2. The van der Waals surface area contributed by atoms with Crippen molar-refractivity contribution >= 4 is 22.2 Å². The van der Waals surface area contributed by atoms with E-state index < -0.39 is 12.5 Å². The molecule has 2 rings (SSSR count). The monoisotopic (exact) mass is 354 g/mol. The van der Waals surface area contributed by atoms with E-state index in [-0.39, 0.29) is 16.9 Å². The average molecular weight is 355 g/mol. The molecule has 0 spiro atoms. The number of aldehydes is 1. The molecule has 0 unspecified atom stereocenters. The molecule has 0 heterocycles. The molecule has 0 atom stereocenters. The van der Waals surface area contributed by atoms with Gasteiger partial charge in [-0.25, -0.2) is 0 Å². The molecule has 0 bridgehead atoms. The summed E-state index contributed by atoms with van der Waals surface area (Å²) >= 11 is 3.25. The minimum atomic E-state index is -3.12. The maximum Gasteiger partial charge on any atom is 0.306 e. The van der Waals surface area contributed by atoms with Crippen molar-refractivity contribution in [1.29, 1.82) is 0 Å². The Kier molecular flexibility index (Phi) is 4.73. The zero-order chi connectivity index (χ0) is 15.5. The summed E-state index contributed by atoms with van der Waals surface area (Å²) in [5.74, 6) is -2.94. The van der Waals surface area contributed by atoms with Crippen molar-refractivity contribution in [2.45, 2.75) is 12.8 Å². The van der Waals surface area contributed by atoms with Crippen molar-refractivity contribution in [1.82, 2.24) is 0 Å². The molecule has 0 aliphatic heterocycles. The molecule has 2 aromatic rings. The van der Waals surface area contributed by atoms with Crippen LogP contribution < -0.4 is 4.74 Å². The summed E-state index contributed by atoms with van der Waals surface area (Å²) in [5.41, 5.74) is 0.744. The van der Waals surface area contributed by atoms with Crippen molar-refractivity contribution in [2.24, 2.45) is 0 Å². The molecule has 0 aliphatic carbocycles. The second-order valence-electron chi connectivity index (χ2n) is 4.62. The molecular weight excluding hydrogens is 342 g/mol. The van der Waals surface area contributed by atoms with E-state index in [1.54, 1.807) is 31.2 Å². The van der Waals surface area contributed by atoms with Gasteiger partial charge in [-0.15, -0.1) is 0 Å². The molecule has 0 aliphatic rings. The molecule has 5 heteroatoms. The smallest absolute Gasteiger partial charge is 0.306 e. The van der Waals surface area contributed by atoms with E-state index in [1.807, 2.05) is 0 Å². The zero-order valence-electron chi connectivity index (χ0n) is 11.3.